The standard InChI is InChI=1S/C17H23N7/c1-23-4-6-24(7-5-23)16-9-15(21-17(18)22-16)14-8-13-10-19-3-2-12(13)11-20-14/h8-9,11,19H,2-7,10H2,1H3,(H2,18,21,22). The lowest BCUT2D eigenvalue weighted by Gasteiger charge is -2.33. The largest absolute Gasteiger partial charge is 0.368 e. The summed E-state index contributed by atoms with van der Waals surface area (Å²) in [6.07, 6.45) is 3.00. The van der Waals surface area contributed by atoms with E-state index < -0.39 is 0 Å². The van der Waals surface area contributed by atoms with E-state index in [1.54, 1.807) is 0 Å². The monoisotopic (exact) mass is 325 g/mol. The second kappa shape index (κ2) is 6.33. The molecular weight excluding hydrogens is 302 g/mol. The highest BCUT2D eigenvalue weighted by molar-refractivity contribution is 5.62. The van der Waals surface area contributed by atoms with Crippen LogP contribution in [0.25, 0.3) is 11.4 Å². The second-order valence-electron chi connectivity index (χ2n) is 6.52. The van der Waals surface area contributed by atoms with Crippen LogP contribution in [0.4, 0.5) is 11.8 Å². The predicted molar refractivity (Wildman–Crippen MR) is 94.8 cm³/mol. The van der Waals surface area contributed by atoms with Crippen LogP contribution in [0.15, 0.2) is 18.3 Å². The molecule has 0 aromatic carbocycles. The van der Waals surface area contributed by atoms with Crippen LogP contribution in [-0.2, 0) is 13.0 Å². The van der Waals surface area contributed by atoms with Gasteiger partial charge in [0.25, 0.3) is 0 Å². The third-order valence-electron chi connectivity index (χ3n) is 4.79. The minimum Gasteiger partial charge on any atom is -0.368 e. The molecule has 1 fully saturated rings. The molecule has 2 aliphatic rings. The number of nitrogen functional groups attached to an aromatic ring is 1. The summed E-state index contributed by atoms with van der Waals surface area (Å²) in [5.74, 6) is 1.20. The first-order valence-electron chi connectivity index (χ1n) is 8.46. The molecule has 7 nitrogen and oxygen atoms in total. The molecule has 0 amide bonds. The highest BCUT2D eigenvalue weighted by Gasteiger charge is 2.18. The molecule has 0 saturated carbocycles. The van der Waals surface area contributed by atoms with Gasteiger partial charge in [-0.25, -0.2) is 4.98 Å². The molecule has 126 valence electrons. The van der Waals surface area contributed by atoms with Gasteiger partial charge in [0.05, 0.1) is 11.4 Å². The number of rotatable bonds is 2. The third-order valence-corrected chi connectivity index (χ3v) is 4.79. The number of nitrogens with two attached hydrogens (primary N) is 1. The Balaban J connectivity index is 1.66. The summed E-state index contributed by atoms with van der Waals surface area (Å²) >= 11 is 0. The van der Waals surface area contributed by atoms with Crippen molar-refractivity contribution in [2.75, 3.05) is 50.4 Å². The van der Waals surface area contributed by atoms with E-state index in [0.717, 1.165) is 62.9 Å². The van der Waals surface area contributed by atoms with Gasteiger partial charge in [0.15, 0.2) is 0 Å². The quantitative estimate of drug-likeness (QED) is 0.833. The van der Waals surface area contributed by atoms with Gasteiger partial charge in [-0.05, 0) is 37.2 Å². The van der Waals surface area contributed by atoms with Crippen molar-refractivity contribution in [3.63, 3.8) is 0 Å². The zero-order valence-electron chi connectivity index (χ0n) is 14.0. The van der Waals surface area contributed by atoms with Gasteiger partial charge in [-0.2, -0.15) is 4.98 Å². The number of pyridine rings is 1. The molecule has 0 bridgehead atoms. The first-order chi connectivity index (χ1) is 11.7. The number of piperazine rings is 1. The Morgan fingerprint density at radius 2 is 1.88 bits per heavy atom. The van der Waals surface area contributed by atoms with E-state index in [0.29, 0.717) is 5.95 Å². The van der Waals surface area contributed by atoms with Crippen molar-refractivity contribution in [2.45, 2.75) is 13.0 Å². The molecule has 0 atom stereocenters. The normalized spacial score (nSPS) is 18.5. The minimum atomic E-state index is 0.305. The summed E-state index contributed by atoms with van der Waals surface area (Å²) < 4.78 is 0. The zero-order chi connectivity index (χ0) is 16.5. The lowest BCUT2D eigenvalue weighted by atomic mass is 10.0. The maximum absolute atomic E-state index is 5.97. The van der Waals surface area contributed by atoms with E-state index in [4.69, 9.17) is 5.73 Å². The van der Waals surface area contributed by atoms with Gasteiger partial charge in [0.2, 0.25) is 5.95 Å². The number of anilines is 2. The fourth-order valence-electron chi connectivity index (χ4n) is 3.28. The van der Waals surface area contributed by atoms with Gasteiger partial charge in [-0.1, -0.05) is 0 Å². The zero-order valence-corrected chi connectivity index (χ0v) is 14.0. The second-order valence-corrected chi connectivity index (χ2v) is 6.52. The fraction of sp³-hybridized carbons (Fsp3) is 0.471. The van der Waals surface area contributed by atoms with Crippen LogP contribution in [0.2, 0.25) is 0 Å². The average Bonchev–Trinajstić information content (AvgIpc) is 2.61. The average molecular weight is 325 g/mol. The van der Waals surface area contributed by atoms with Crippen molar-refractivity contribution in [3.8, 4) is 11.4 Å². The third kappa shape index (κ3) is 3.05. The van der Waals surface area contributed by atoms with Crippen LogP contribution < -0.4 is 16.0 Å². The molecule has 0 unspecified atom stereocenters. The van der Waals surface area contributed by atoms with Crippen molar-refractivity contribution >= 4 is 11.8 Å². The van der Waals surface area contributed by atoms with Gasteiger partial charge in [0, 0.05) is 45.0 Å². The highest BCUT2D eigenvalue weighted by Crippen LogP contribution is 2.24. The Hall–Kier alpha value is -2.25. The van der Waals surface area contributed by atoms with E-state index in [1.807, 2.05) is 12.3 Å². The van der Waals surface area contributed by atoms with Gasteiger partial charge >= 0.3 is 0 Å². The molecule has 24 heavy (non-hydrogen) atoms. The molecule has 2 aromatic heterocycles. The molecule has 3 N–H and O–H groups in total. The van der Waals surface area contributed by atoms with Crippen LogP contribution in [0.3, 0.4) is 0 Å². The highest BCUT2D eigenvalue weighted by atomic mass is 15.3. The molecule has 0 aliphatic carbocycles. The predicted octanol–water partition coefficient (Wildman–Crippen LogP) is 0.518. The molecule has 0 spiro atoms. The number of fused-ring (bicyclic) bond motifs is 1. The molecule has 1 saturated heterocycles. The van der Waals surface area contributed by atoms with Gasteiger partial charge in [-0.3, -0.25) is 4.98 Å². The number of aromatic nitrogens is 3. The van der Waals surface area contributed by atoms with Crippen molar-refractivity contribution in [1.29, 1.82) is 0 Å². The maximum Gasteiger partial charge on any atom is 0.222 e. The van der Waals surface area contributed by atoms with E-state index in [2.05, 4.69) is 43.2 Å². The van der Waals surface area contributed by atoms with E-state index in [1.165, 1.54) is 11.1 Å². The van der Waals surface area contributed by atoms with Gasteiger partial charge in [-0.15, -0.1) is 0 Å². The summed E-state index contributed by atoms with van der Waals surface area (Å²) in [7, 11) is 2.14. The summed E-state index contributed by atoms with van der Waals surface area (Å²) in [6, 6.07) is 4.13. The number of nitrogens with one attached hydrogen (secondary N) is 1. The summed E-state index contributed by atoms with van der Waals surface area (Å²) in [5, 5.41) is 3.40. The smallest absolute Gasteiger partial charge is 0.222 e. The van der Waals surface area contributed by atoms with E-state index in [-0.39, 0.29) is 0 Å². The number of hydrogen-bond donors (Lipinski definition) is 2. The van der Waals surface area contributed by atoms with Crippen molar-refractivity contribution < 1.29 is 0 Å². The van der Waals surface area contributed by atoms with Crippen LogP contribution in [0.1, 0.15) is 11.1 Å². The lowest BCUT2D eigenvalue weighted by Crippen LogP contribution is -2.44. The Bertz CT molecular complexity index is 738. The van der Waals surface area contributed by atoms with Crippen molar-refractivity contribution in [1.82, 2.24) is 25.2 Å². The first kappa shape index (κ1) is 15.3. The lowest BCUT2D eigenvalue weighted by molar-refractivity contribution is 0.312. The maximum atomic E-state index is 5.97. The molecule has 4 heterocycles. The van der Waals surface area contributed by atoms with Gasteiger partial charge < -0.3 is 20.9 Å². The Morgan fingerprint density at radius 1 is 1.04 bits per heavy atom. The topological polar surface area (TPSA) is 83.2 Å². The molecule has 4 rings (SSSR count). The Kier molecular flexibility index (Phi) is 4.03. The van der Waals surface area contributed by atoms with Gasteiger partial charge in [0.1, 0.15) is 5.82 Å². The fourth-order valence-corrected chi connectivity index (χ4v) is 3.28. The first-order valence-corrected chi connectivity index (χ1v) is 8.46. The SMILES string of the molecule is CN1CCN(c2cc(-c3cc4c(cn3)CCNC4)nc(N)n2)CC1. The molecule has 2 aromatic rings. The Labute approximate surface area is 141 Å². The summed E-state index contributed by atoms with van der Waals surface area (Å²) in [6.45, 7) is 5.87. The van der Waals surface area contributed by atoms with Crippen LogP contribution in [-0.4, -0.2) is 59.6 Å². The molecule has 2 aliphatic heterocycles. The van der Waals surface area contributed by atoms with Crippen LogP contribution in [0, 0.1) is 0 Å². The molecule has 0 radical (unpaired) electrons. The minimum absolute atomic E-state index is 0.305. The van der Waals surface area contributed by atoms with E-state index >= 15 is 0 Å². The molecular formula is C17H23N7. The number of nitrogens with zero attached hydrogens (tertiary/aromatic N) is 5. The van der Waals surface area contributed by atoms with Crippen LogP contribution in [0.5, 0.6) is 0 Å². The summed E-state index contributed by atoms with van der Waals surface area (Å²) in [5.41, 5.74) is 10.2. The summed E-state index contributed by atoms with van der Waals surface area (Å²) in [4.78, 5) is 18.0. The number of likely N-dealkylation sites (N-methyl/N-ethyl adjacent to an activating group) is 1. The van der Waals surface area contributed by atoms with E-state index in [9.17, 15) is 0 Å². The molecule has 7 heteroatoms. The van der Waals surface area contributed by atoms with Crippen molar-refractivity contribution in [2.24, 2.45) is 0 Å². The van der Waals surface area contributed by atoms with Crippen LogP contribution >= 0.6 is 0 Å². The number of hydrogen-bond acceptors (Lipinski definition) is 7. The Morgan fingerprint density at radius 3 is 2.71 bits per heavy atom. The van der Waals surface area contributed by atoms with Crippen molar-refractivity contribution in [3.05, 3.63) is 29.5 Å².